The number of halogens is 3. The smallest absolute Gasteiger partial charge is 0.387 e. The lowest BCUT2D eigenvalue weighted by Crippen LogP contribution is -2.29. The van der Waals surface area contributed by atoms with E-state index in [4.69, 9.17) is 5.11 Å². The van der Waals surface area contributed by atoms with Crippen molar-refractivity contribution in [3.8, 4) is 5.75 Å². The van der Waals surface area contributed by atoms with Crippen LogP contribution >= 0.6 is 0 Å². The van der Waals surface area contributed by atoms with Crippen molar-refractivity contribution in [1.29, 1.82) is 0 Å². The van der Waals surface area contributed by atoms with E-state index < -0.39 is 23.8 Å². The molecule has 0 aliphatic heterocycles. The highest BCUT2D eigenvalue weighted by Gasteiger charge is 2.32. The van der Waals surface area contributed by atoms with Crippen LogP contribution in [-0.4, -0.2) is 17.7 Å². The van der Waals surface area contributed by atoms with Crippen molar-refractivity contribution in [2.24, 2.45) is 0 Å². The third-order valence-corrected chi connectivity index (χ3v) is 2.37. The maximum atomic E-state index is 13.6. The molecule has 1 aromatic rings. The van der Waals surface area contributed by atoms with Crippen molar-refractivity contribution < 1.29 is 27.8 Å². The lowest BCUT2D eigenvalue weighted by molar-refractivity contribution is -0.142. The summed E-state index contributed by atoms with van der Waals surface area (Å²) in [7, 11) is 0. The molecule has 0 fully saturated rings. The van der Waals surface area contributed by atoms with Gasteiger partial charge in [-0.25, -0.2) is 4.39 Å². The second kappa shape index (κ2) is 4.65. The van der Waals surface area contributed by atoms with E-state index in [1.54, 1.807) is 0 Å². The first-order valence-electron chi connectivity index (χ1n) is 4.73. The van der Waals surface area contributed by atoms with Crippen LogP contribution in [0.4, 0.5) is 13.2 Å². The number of hydrogen-bond donors (Lipinski definition) is 1. The molecule has 6 heteroatoms. The molecule has 17 heavy (non-hydrogen) atoms. The number of carboxylic acid groups (broad SMARTS) is 1. The van der Waals surface area contributed by atoms with Crippen molar-refractivity contribution in [1.82, 2.24) is 0 Å². The summed E-state index contributed by atoms with van der Waals surface area (Å²) in [4.78, 5) is 10.9. The Morgan fingerprint density at radius 2 is 2.00 bits per heavy atom. The van der Waals surface area contributed by atoms with Gasteiger partial charge in [0, 0.05) is 11.6 Å². The molecule has 0 atom stereocenters. The maximum Gasteiger partial charge on any atom is 0.387 e. The SMILES string of the molecule is CC(C)(C(=O)O)c1ccc(OC(F)F)cc1F. The molecule has 0 unspecified atom stereocenters. The van der Waals surface area contributed by atoms with Gasteiger partial charge >= 0.3 is 12.6 Å². The number of aliphatic carboxylic acids is 1. The molecule has 1 aromatic carbocycles. The number of benzene rings is 1. The molecule has 0 saturated heterocycles. The normalized spacial score (nSPS) is 11.6. The highest BCUT2D eigenvalue weighted by molar-refractivity contribution is 5.80. The molecule has 0 bridgehead atoms. The largest absolute Gasteiger partial charge is 0.481 e. The minimum absolute atomic E-state index is 0.0911. The summed E-state index contributed by atoms with van der Waals surface area (Å²) in [6, 6.07) is 2.97. The van der Waals surface area contributed by atoms with Gasteiger partial charge in [-0.3, -0.25) is 4.79 Å². The molecule has 0 saturated carbocycles. The van der Waals surface area contributed by atoms with E-state index in [2.05, 4.69) is 4.74 Å². The van der Waals surface area contributed by atoms with E-state index in [9.17, 15) is 18.0 Å². The summed E-state index contributed by atoms with van der Waals surface area (Å²) >= 11 is 0. The second-order valence-corrected chi connectivity index (χ2v) is 3.95. The van der Waals surface area contributed by atoms with Gasteiger partial charge in [-0.05, 0) is 19.9 Å². The van der Waals surface area contributed by atoms with Gasteiger partial charge in [0.1, 0.15) is 11.6 Å². The van der Waals surface area contributed by atoms with Gasteiger partial charge in [-0.1, -0.05) is 6.07 Å². The van der Waals surface area contributed by atoms with Crippen LogP contribution in [0.5, 0.6) is 5.75 Å². The third kappa shape index (κ3) is 2.89. The zero-order valence-corrected chi connectivity index (χ0v) is 9.21. The zero-order chi connectivity index (χ0) is 13.2. The van der Waals surface area contributed by atoms with Crippen LogP contribution in [-0.2, 0) is 10.2 Å². The topological polar surface area (TPSA) is 46.5 Å². The van der Waals surface area contributed by atoms with Crippen molar-refractivity contribution in [3.63, 3.8) is 0 Å². The van der Waals surface area contributed by atoms with Crippen LogP contribution in [0, 0.1) is 5.82 Å². The minimum Gasteiger partial charge on any atom is -0.481 e. The number of carbonyl (C=O) groups is 1. The van der Waals surface area contributed by atoms with Crippen LogP contribution in [0.2, 0.25) is 0 Å². The van der Waals surface area contributed by atoms with Gasteiger partial charge in [0.2, 0.25) is 0 Å². The van der Waals surface area contributed by atoms with E-state index in [1.165, 1.54) is 13.8 Å². The number of ether oxygens (including phenoxy) is 1. The summed E-state index contributed by atoms with van der Waals surface area (Å²) in [5.74, 6) is -2.45. The Balaban J connectivity index is 3.10. The molecule has 0 aromatic heterocycles. The number of hydrogen-bond acceptors (Lipinski definition) is 2. The average Bonchev–Trinajstić information content (AvgIpc) is 2.15. The van der Waals surface area contributed by atoms with Gasteiger partial charge in [0.05, 0.1) is 5.41 Å². The minimum atomic E-state index is -3.05. The molecule has 0 amide bonds. The van der Waals surface area contributed by atoms with Gasteiger partial charge < -0.3 is 9.84 Å². The van der Waals surface area contributed by atoms with Crippen molar-refractivity contribution in [2.75, 3.05) is 0 Å². The fourth-order valence-electron chi connectivity index (χ4n) is 1.29. The second-order valence-electron chi connectivity index (χ2n) is 3.95. The van der Waals surface area contributed by atoms with Gasteiger partial charge in [-0.2, -0.15) is 8.78 Å². The molecule has 0 aliphatic carbocycles. The van der Waals surface area contributed by atoms with Crippen LogP contribution in [0.3, 0.4) is 0 Å². The Labute approximate surface area is 95.8 Å². The summed E-state index contributed by atoms with van der Waals surface area (Å²) in [5.41, 5.74) is -1.53. The molecule has 1 rings (SSSR count). The fraction of sp³-hybridized carbons (Fsp3) is 0.364. The average molecular weight is 248 g/mol. The monoisotopic (exact) mass is 248 g/mol. The Bertz CT molecular complexity index is 430. The summed E-state index contributed by atoms with van der Waals surface area (Å²) in [6.45, 7) is -0.407. The first kappa shape index (κ1) is 13.3. The Morgan fingerprint density at radius 3 is 2.41 bits per heavy atom. The molecule has 3 nitrogen and oxygen atoms in total. The molecular weight excluding hydrogens is 237 g/mol. The molecular formula is C11H11F3O3. The lowest BCUT2D eigenvalue weighted by atomic mass is 9.84. The van der Waals surface area contributed by atoms with Crippen LogP contribution < -0.4 is 4.74 Å². The highest BCUT2D eigenvalue weighted by atomic mass is 19.3. The predicted octanol–water partition coefficient (Wildman–Crippen LogP) is 2.79. The van der Waals surface area contributed by atoms with Crippen molar-refractivity contribution in [3.05, 3.63) is 29.6 Å². The van der Waals surface area contributed by atoms with E-state index >= 15 is 0 Å². The van der Waals surface area contributed by atoms with E-state index in [-0.39, 0.29) is 11.3 Å². The fourth-order valence-corrected chi connectivity index (χ4v) is 1.29. The molecule has 0 spiro atoms. The van der Waals surface area contributed by atoms with Crippen molar-refractivity contribution in [2.45, 2.75) is 25.9 Å². The Hall–Kier alpha value is -1.72. The Kier molecular flexibility index (Phi) is 3.65. The van der Waals surface area contributed by atoms with Crippen LogP contribution in [0.15, 0.2) is 18.2 Å². The summed E-state index contributed by atoms with van der Waals surface area (Å²) in [5, 5.41) is 8.92. The standard InChI is InChI=1S/C11H11F3O3/c1-11(2,9(15)16)7-4-3-6(5-8(7)12)17-10(13)14/h3-5,10H,1-2H3,(H,15,16). The number of rotatable bonds is 4. The maximum absolute atomic E-state index is 13.6. The van der Waals surface area contributed by atoms with Crippen molar-refractivity contribution >= 4 is 5.97 Å². The number of carboxylic acids is 1. The first-order valence-corrected chi connectivity index (χ1v) is 4.73. The van der Waals surface area contributed by atoms with E-state index in [0.717, 1.165) is 18.2 Å². The molecule has 0 radical (unpaired) electrons. The van der Waals surface area contributed by atoms with Crippen LogP contribution in [0.25, 0.3) is 0 Å². The quantitative estimate of drug-likeness (QED) is 0.891. The number of alkyl halides is 2. The third-order valence-electron chi connectivity index (χ3n) is 2.37. The molecule has 0 heterocycles. The molecule has 1 N–H and O–H groups in total. The highest BCUT2D eigenvalue weighted by Crippen LogP contribution is 2.29. The lowest BCUT2D eigenvalue weighted by Gasteiger charge is -2.20. The Morgan fingerprint density at radius 1 is 1.41 bits per heavy atom. The van der Waals surface area contributed by atoms with Gasteiger partial charge in [-0.15, -0.1) is 0 Å². The summed E-state index contributed by atoms with van der Waals surface area (Å²) < 4.78 is 41.3. The zero-order valence-electron chi connectivity index (χ0n) is 9.21. The van der Waals surface area contributed by atoms with Crippen LogP contribution in [0.1, 0.15) is 19.4 Å². The predicted molar refractivity (Wildman–Crippen MR) is 53.7 cm³/mol. The van der Waals surface area contributed by atoms with E-state index in [1.807, 2.05) is 0 Å². The van der Waals surface area contributed by atoms with Gasteiger partial charge in [0.25, 0.3) is 0 Å². The first-order chi connectivity index (χ1) is 7.75. The van der Waals surface area contributed by atoms with Gasteiger partial charge in [0.15, 0.2) is 0 Å². The molecule has 94 valence electrons. The summed E-state index contributed by atoms with van der Waals surface area (Å²) in [6.07, 6.45) is 0. The van der Waals surface area contributed by atoms with E-state index in [0.29, 0.717) is 0 Å². The molecule has 0 aliphatic rings.